The molecular formula is C25H26F3NO5S2. The van der Waals surface area contributed by atoms with Crippen LogP contribution in [0.3, 0.4) is 0 Å². The standard InChI is InChI=1S/C25H26F3NO5S2/c1-17-8-12-21(13-9-17)35(30,31)29-16-19(22-6-4-5-7-23(22)29)14-24(3)15-20(11-10-18(24)2)34-36(32,33)25(26,27)28/h4-9,12-13,15-16,18H,10-11,14H2,1-3H3/t18-,24+/m1/s1. The molecule has 0 amide bonds. The summed E-state index contributed by atoms with van der Waals surface area (Å²) < 4.78 is 94.3. The van der Waals surface area contributed by atoms with Crippen LogP contribution < -0.4 is 0 Å². The zero-order valence-corrected chi connectivity index (χ0v) is 21.5. The first-order valence-electron chi connectivity index (χ1n) is 11.3. The Morgan fingerprint density at radius 3 is 2.33 bits per heavy atom. The lowest BCUT2D eigenvalue weighted by Crippen LogP contribution is -2.32. The Morgan fingerprint density at radius 2 is 1.69 bits per heavy atom. The first-order valence-corrected chi connectivity index (χ1v) is 14.1. The maximum Gasteiger partial charge on any atom is 0.534 e. The van der Waals surface area contributed by atoms with Crippen LogP contribution in [0.25, 0.3) is 10.9 Å². The fourth-order valence-electron chi connectivity index (χ4n) is 4.54. The molecule has 3 aromatic rings. The van der Waals surface area contributed by atoms with Crippen LogP contribution in [0.1, 0.15) is 37.8 Å². The van der Waals surface area contributed by atoms with Crippen molar-refractivity contribution in [1.29, 1.82) is 0 Å². The second kappa shape index (κ2) is 8.95. The van der Waals surface area contributed by atoms with Crippen LogP contribution in [0.5, 0.6) is 0 Å². The number of alkyl halides is 3. The Morgan fingerprint density at radius 1 is 1.06 bits per heavy atom. The number of fused-ring (bicyclic) bond motifs is 1. The summed E-state index contributed by atoms with van der Waals surface area (Å²) in [7, 11) is -9.69. The second-order valence-electron chi connectivity index (χ2n) is 9.50. The molecule has 11 heteroatoms. The van der Waals surface area contributed by atoms with E-state index < -0.39 is 31.1 Å². The van der Waals surface area contributed by atoms with Gasteiger partial charge in [-0.25, -0.2) is 12.4 Å². The summed E-state index contributed by atoms with van der Waals surface area (Å²) in [4.78, 5) is 0.130. The predicted octanol–water partition coefficient (Wildman–Crippen LogP) is 5.92. The minimum Gasteiger partial charge on any atom is -0.381 e. The van der Waals surface area contributed by atoms with Crippen LogP contribution in [0.15, 0.2) is 71.5 Å². The largest absolute Gasteiger partial charge is 0.534 e. The fourth-order valence-corrected chi connectivity index (χ4v) is 6.44. The van der Waals surface area contributed by atoms with E-state index in [9.17, 15) is 30.0 Å². The van der Waals surface area contributed by atoms with Crippen LogP contribution in [0.2, 0.25) is 0 Å². The highest BCUT2D eigenvalue weighted by Crippen LogP contribution is 2.44. The Bertz CT molecular complexity index is 1540. The average Bonchev–Trinajstić information content (AvgIpc) is 3.15. The van der Waals surface area contributed by atoms with Gasteiger partial charge in [0.1, 0.15) is 5.76 Å². The van der Waals surface area contributed by atoms with Gasteiger partial charge < -0.3 is 4.18 Å². The van der Waals surface area contributed by atoms with Gasteiger partial charge in [0.15, 0.2) is 0 Å². The van der Waals surface area contributed by atoms with E-state index in [1.54, 1.807) is 43.3 Å². The van der Waals surface area contributed by atoms with Gasteiger partial charge in [-0.3, -0.25) is 0 Å². The molecule has 2 aromatic carbocycles. The summed E-state index contributed by atoms with van der Waals surface area (Å²) in [6.07, 6.45) is 3.70. The van der Waals surface area contributed by atoms with Crippen LogP contribution >= 0.6 is 0 Å². The molecule has 0 radical (unpaired) electrons. The van der Waals surface area contributed by atoms with E-state index in [-0.39, 0.29) is 29.4 Å². The number of hydrogen-bond acceptors (Lipinski definition) is 5. The molecule has 0 fully saturated rings. The first-order chi connectivity index (χ1) is 16.6. The molecule has 0 saturated heterocycles. The summed E-state index contributed by atoms with van der Waals surface area (Å²) in [5, 5.41) is 0.686. The minimum atomic E-state index is -5.77. The predicted molar refractivity (Wildman–Crippen MR) is 130 cm³/mol. The number of aromatic nitrogens is 1. The Labute approximate surface area is 208 Å². The van der Waals surface area contributed by atoms with Crippen molar-refractivity contribution in [2.24, 2.45) is 11.3 Å². The SMILES string of the molecule is Cc1ccc(S(=O)(=O)n2cc(C[C@@]3(C)C=C(OS(=O)(=O)C(F)(F)F)CC[C@H]3C)c3ccccc32)cc1. The third-order valence-corrected chi connectivity index (χ3v) is 9.54. The van der Waals surface area contributed by atoms with Crippen molar-refractivity contribution in [1.82, 2.24) is 3.97 Å². The molecule has 0 spiro atoms. The molecule has 1 heterocycles. The topological polar surface area (TPSA) is 82.4 Å². The Kier molecular flexibility index (Phi) is 6.53. The molecule has 4 rings (SSSR count). The molecule has 2 atom stereocenters. The highest BCUT2D eigenvalue weighted by atomic mass is 32.2. The van der Waals surface area contributed by atoms with Crippen LogP contribution in [-0.4, -0.2) is 26.3 Å². The van der Waals surface area contributed by atoms with E-state index in [1.807, 2.05) is 13.8 Å². The highest BCUT2D eigenvalue weighted by Gasteiger charge is 2.49. The molecule has 36 heavy (non-hydrogen) atoms. The minimum absolute atomic E-state index is 0.0331. The van der Waals surface area contributed by atoms with Gasteiger partial charge >= 0.3 is 15.6 Å². The number of allylic oxidation sites excluding steroid dienone is 2. The molecule has 1 aliphatic rings. The van der Waals surface area contributed by atoms with Gasteiger partial charge in [0.25, 0.3) is 10.0 Å². The number of halogens is 3. The van der Waals surface area contributed by atoms with Crippen molar-refractivity contribution in [3.8, 4) is 0 Å². The summed E-state index contributed by atoms with van der Waals surface area (Å²) in [6, 6.07) is 13.5. The number of aryl methyl sites for hydroxylation is 1. The quantitative estimate of drug-likeness (QED) is 0.286. The summed E-state index contributed by atoms with van der Waals surface area (Å²) in [6.45, 7) is 5.59. The number of para-hydroxylation sites is 1. The van der Waals surface area contributed by atoms with Gasteiger partial charge in [0.05, 0.1) is 10.4 Å². The van der Waals surface area contributed by atoms with Gasteiger partial charge in [-0.1, -0.05) is 49.7 Å². The van der Waals surface area contributed by atoms with Crippen LogP contribution in [0.4, 0.5) is 13.2 Å². The van der Waals surface area contributed by atoms with Crippen molar-refractivity contribution in [3.63, 3.8) is 0 Å². The molecule has 0 unspecified atom stereocenters. The molecule has 0 N–H and O–H groups in total. The first kappa shape index (κ1) is 26.3. The fraction of sp³-hybridized carbons (Fsp3) is 0.360. The van der Waals surface area contributed by atoms with E-state index in [4.69, 9.17) is 0 Å². The lowest BCUT2D eigenvalue weighted by atomic mass is 9.68. The normalized spacial score (nSPS) is 21.4. The van der Waals surface area contributed by atoms with E-state index in [0.29, 0.717) is 22.9 Å². The Hall–Kier alpha value is -2.79. The van der Waals surface area contributed by atoms with Crippen molar-refractivity contribution >= 4 is 31.0 Å². The molecule has 0 aliphatic heterocycles. The van der Waals surface area contributed by atoms with Crippen molar-refractivity contribution < 1.29 is 34.2 Å². The van der Waals surface area contributed by atoms with Crippen molar-refractivity contribution in [3.05, 3.63) is 77.7 Å². The van der Waals surface area contributed by atoms with Crippen LogP contribution in [-0.2, 0) is 30.7 Å². The number of hydrogen-bond donors (Lipinski definition) is 0. The molecule has 0 saturated carbocycles. The van der Waals surface area contributed by atoms with E-state index in [0.717, 1.165) is 5.56 Å². The van der Waals surface area contributed by atoms with E-state index in [1.165, 1.54) is 28.4 Å². The number of nitrogens with zero attached hydrogens (tertiary/aromatic N) is 1. The molecule has 6 nitrogen and oxygen atoms in total. The van der Waals surface area contributed by atoms with E-state index >= 15 is 0 Å². The average molecular weight is 542 g/mol. The second-order valence-corrected chi connectivity index (χ2v) is 12.9. The van der Waals surface area contributed by atoms with Crippen LogP contribution in [0, 0.1) is 18.3 Å². The van der Waals surface area contributed by atoms with Gasteiger partial charge in [0.2, 0.25) is 0 Å². The zero-order chi connectivity index (χ0) is 26.5. The van der Waals surface area contributed by atoms with Gasteiger partial charge in [-0.15, -0.1) is 0 Å². The van der Waals surface area contributed by atoms with Gasteiger partial charge in [0, 0.05) is 18.0 Å². The number of benzene rings is 2. The third kappa shape index (κ3) is 4.78. The van der Waals surface area contributed by atoms with Crippen molar-refractivity contribution in [2.45, 2.75) is 50.4 Å². The zero-order valence-electron chi connectivity index (χ0n) is 19.9. The number of rotatable bonds is 6. The Balaban J connectivity index is 1.76. The third-order valence-electron chi connectivity index (χ3n) is 6.85. The summed E-state index contributed by atoms with van der Waals surface area (Å²) in [5.74, 6) is -0.293. The van der Waals surface area contributed by atoms with Gasteiger partial charge in [-0.05, 0) is 60.9 Å². The summed E-state index contributed by atoms with van der Waals surface area (Å²) >= 11 is 0. The summed E-state index contributed by atoms with van der Waals surface area (Å²) in [5.41, 5.74) is -4.24. The smallest absolute Gasteiger partial charge is 0.381 e. The van der Waals surface area contributed by atoms with E-state index in [2.05, 4.69) is 4.18 Å². The monoisotopic (exact) mass is 541 g/mol. The van der Waals surface area contributed by atoms with Gasteiger partial charge in [-0.2, -0.15) is 21.6 Å². The maximum absolute atomic E-state index is 13.5. The maximum atomic E-state index is 13.5. The molecule has 194 valence electrons. The lowest BCUT2D eigenvalue weighted by Gasteiger charge is -2.37. The molecule has 0 bridgehead atoms. The molecule has 1 aliphatic carbocycles. The molecule has 1 aromatic heterocycles. The molecular weight excluding hydrogens is 515 g/mol. The lowest BCUT2D eigenvalue weighted by molar-refractivity contribution is -0.0526. The highest BCUT2D eigenvalue weighted by molar-refractivity contribution is 7.90. The van der Waals surface area contributed by atoms with Crippen molar-refractivity contribution in [2.75, 3.05) is 0 Å².